The van der Waals surface area contributed by atoms with Gasteiger partial charge in [-0.05, 0) is 30.0 Å². The molecule has 2 aromatic carbocycles. The number of hydrogen-bond acceptors (Lipinski definition) is 7. The number of hydrogen-bond donors (Lipinski definition) is 2. The van der Waals surface area contributed by atoms with Gasteiger partial charge in [-0.25, -0.2) is 4.68 Å². The van der Waals surface area contributed by atoms with Crippen molar-refractivity contribution in [2.75, 3.05) is 18.7 Å². The molecule has 0 aliphatic carbocycles. The first kappa shape index (κ1) is 23.5. The summed E-state index contributed by atoms with van der Waals surface area (Å²) in [5.41, 5.74) is 1.10. The maximum atomic E-state index is 12.6. The average Bonchev–Trinajstić information content (AvgIpc) is 3.15. The van der Waals surface area contributed by atoms with Crippen LogP contribution in [0, 0.1) is 5.92 Å². The Balaban J connectivity index is 1.54. The van der Waals surface area contributed by atoms with Crippen LogP contribution in [0.1, 0.15) is 37.7 Å². The van der Waals surface area contributed by atoms with E-state index in [4.69, 9.17) is 15.3 Å². The van der Waals surface area contributed by atoms with Crippen LogP contribution in [-0.4, -0.2) is 33.6 Å². The lowest BCUT2D eigenvalue weighted by atomic mass is 9.97. The summed E-state index contributed by atoms with van der Waals surface area (Å²) in [6.45, 7) is 4.43. The van der Waals surface area contributed by atoms with Crippen LogP contribution in [0.25, 0.3) is 0 Å². The molecule has 1 unspecified atom stereocenters. The summed E-state index contributed by atoms with van der Waals surface area (Å²) in [6.07, 6.45) is 0.860. The predicted octanol–water partition coefficient (Wildman–Crippen LogP) is 3.58. The van der Waals surface area contributed by atoms with Crippen LogP contribution in [0.3, 0.4) is 0 Å². The van der Waals surface area contributed by atoms with E-state index in [0.29, 0.717) is 28.4 Å². The van der Waals surface area contributed by atoms with Gasteiger partial charge < -0.3 is 20.6 Å². The molecule has 1 heterocycles. The molecule has 170 valence electrons. The van der Waals surface area contributed by atoms with Crippen LogP contribution in [0.2, 0.25) is 0 Å². The molecule has 0 aliphatic heterocycles. The molecule has 0 radical (unpaired) electrons. The van der Waals surface area contributed by atoms with Crippen LogP contribution in [-0.2, 0) is 11.4 Å². The third-order valence-corrected chi connectivity index (χ3v) is 5.66. The molecule has 1 amide bonds. The quantitative estimate of drug-likeness (QED) is 0.336. The van der Waals surface area contributed by atoms with Crippen LogP contribution >= 0.6 is 11.8 Å². The molecule has 32 heavy (non-hydrogen) atoms. The van der Waals surface area contributed by atoms with Crippen molar-refractivity contribution >= 4 is 17.7 Å². The van der Waals surface area contributed by atoms with Gasteiger partial charge in [0, 0.05) is 6.07 Å². The van der Waals surface area contributed by atoms with Crippen molar-refractivity contribution in [1.82, 2.24) is 20.2 Å². The lowest BCUT2D eigenvalue weighted by molar-refractivity contribution is -0.119. The number of carbonyl (C=O) groups excluding carboxylic acids is 1. The van der Waals surface area contributed by atoms with Gasteiger partial charge >= 0.3 is 0 Å². The number of carbonyl (C=O) groups is 1. The fourth-order valence-corrected chi connectivity index (χ4v) is 3.83. The minimum atomic E-state index is -0.0818. The Bertz CT molecular complexity index is 1010. The highest BCUT2D eigenvalue weighted by atomic mass is 32.2. The van der Waals surface area contributed by atoms with Crippen LogP contribution in [0.5, 0.6) is 11.5 Å². The van der Waals surface area contributed by atoms with E-state index >= 15 is 0 Å². The number of ether oxygens (including phenoxy) is 2. The Morgan fingerprint density at radius 1 is 1.12 bits per heavy atom. The van der Waals surface area contributed by atoms with E-state index in [1.165, 1.54) is 16.4 Å². The van der Waals surface area contributed by atoms with Gasteiger partial charge in [0.25, 0.3) is 0 Å². The topological polar surface area (TPSA) is 104 Å². The molecule has 3 N–H and O–H groups in total. The van der Waals surface area contributed by atoms with E-state index < -0.39 is 0 Å². The van der Waals surface area contributed by atoms with Crippen molar-refractivity contribution in [3.63, 3.8) is 0 Å². The van der Waals surface area contributed by atoms with Crippen molar-refractivity contribution in [1.29, 1.82) is 0 Å². The van der Waals surface area contributed by atoms with Gasteiger partial charge in [-0.1, -0.05) is 62.0 Å². The van der Waals surface area contributed by atoms with Gasteiger partial charge in [-0.2, -0.15) is 0 Å². The van der Waals surface area contributed by atoms with Crippen LogP contribution in [0.4, 0.5) is 0 Å². The van der Waals surface area contributed by atoms with E-state index in [2.05, 4.69) is 29.4 Å². The highest BCUT2D eigenvalue weighted by Gasteiger charge is 2.18. The largest absolute Gasteiger partial charge is 0.497 e. The molecule has 0 aliphatic rings. The second kappa shape index (κ2) is 11.4. The molecule has 1 aromatic heterocycles. The number of nitrogens with two attached hydrogens (primary N) is 1. The fraction of sp³-hybridized carbons (Fsp3) is 0.348. The third-order valence-electron chi connectivity index (χ3n) is 4.72. The van der Waals surface area contributed by atoms with Gasteiger partial charge in [0.15, 0.2) is 5.82 Å². The highest BCUT2D eigenvalue weighted by molar-refractivity contribution is 7.99. The molecule has 3 rings (SSSR count). The molecule has 0 fully saturated rings. The van der Waals surface area contributed by atoms with Gasteiger partial charge in [0.1, 0.15) is 18.1 Å². The zero-order valence-electron chi connectivity index (χ0n) is 18.5. The summed E-state index contributed by atoms with van der Waals surface area (Å²) in [6, 6.07) is 17.2. The number of aromatic nitrogens is 3. The van der Waals surface area contributed by atoms with E-state index in [9.17, 15) is 4.79 Å². The summed E-state index contributed by atoms with van der Waals surface area (Å²) in [5, 5.41) is 11.7. The summed E-state index contributed by atoms with van der Waals surface area (Å²) in [7, 11) is 1.60. The minimum absolute atomic E-state index is 0.0353. The molecular formula is C23H29N5O3S. The SMILES string of the molecule is COc1cccc(OCc2nnc(SCC(=O)NC(CC(C)C)c3ccccc3)n2N)c1. The molecule has 0 saturated carbocycles. The average molecular weight is 456 g/mol. The predicted molar refractivity (Wildman–Crippen MR) is 125 cm³/mol. The van der Waals surface area contributed by atoms with Gasteiger partial charge in [0.2, 0.25) is 11.1 Å². The normalized spacial score (nSPS) is 11.9. The molecular weight excluding hydrogens is 426 g/mol. The Morgan fingerprint density at radius 2 is 1.88 bits per heavy atom. The van der Waals surface area contributed by atoms with Crippen LogP contribution in [0.15, 0.2) is 59.8 Å². The molecule has 0 bridgehead atoms. The van der Waals surface area contributed by atoms with Gasteiger partial charge in [-0.3, -0.25) is 4.79 Å². The number of amides is 1. The summed E-state index contributed by atoms with van der Waals surface area (Å²) in [4.78, 5) is 12.6. The lowest BCUT2D eigenvalue weighted by Gasteiger charge is -2.21. The van der Waals surface area contributed by atoms with Crippen molar-refractivity contribution in [3.05, 3.63) is 66.0 Å². The maximum absolute atomic E-state index is 12.6. The Kier molecular flexibility index (Phi) is 8.38. The minimum Gasteiger partial charge on any atom is -0.497 e. The summed E-state index contributed by atoms with van der Waals surface area (Å²) >= 11 is 1.24. The van der Waals surface area contributed by atoms with Crippen molar-refractivity contribution in [2.45, 2.75) is 38.1 Å². The second-order valence-electron chi connectivity index (χ2n) is 7.69. The number of thioether (sulfide) groups is 1. The third kappa shape index (κ3) is 6.65. The molecule has 0 saturated heterocycles. The van der Waals surface area contributed by atoms with E-state index in [-0.39, 0.29) is 24.3 Å². The Morgan fingerprint density at radius 3 is 2.59 bits per heavy atom. The first-order valence-electron chi connectivity index (χ1n) is 10.4. The Hall–Kier alpha value is -3.20. The number of methoxy groups -OCH3 is 1. The number of benzene rings is 2. The molecule has 1 atom stereocenters. The second-order valence-corrected chi connectivity index (χ2v) is 8.63. The fourth-order valence-electron chi connectivity index (χ4n) is 3.14. The molecule has 9 heteroatoms. The van der Waals surface area contributed by atoms with E-state index in [0.717, 1.165) is 12.0 Å². The van der Waals surface area contributed by atoms with Gasteiger partial charge in [-0.15, -0.1) is 10.2 Å². The lowest BCUT2D eigenvalue weighted by Crippen LogP contribution is -2.31. The molecule has 0 spiro atoms. The van der Waals surface area contributed by atoms with Crippen LogP contribution < -0.4 is 20.6 Å². The molecule has 8 nitrogen and oxygen atoms in total. The standard InChI is InChI=1S/C23H29N5O3S/c1-16(2)12-20(17-8-5-4-6-9-17)25-22(29)15-32-23-27-26-21(28(23)24)14-31-19-11-7-10-18(13-19)30-3/h4-11,13,16,20H,12,14-15,24H2,1-3H3,(H,25,29). The number of nitrogens with zero attached hydrogens (tertiary/aromatic N) is 3. The van der Waals surface area contributed by atoms with E-state index in [1.807, 2.05) is 48.5 Å². The maximum Gasteiger partial charge on any atom is 0.230 e. The van der Waals surface area contributed by atoms with Crippen molar-refractivity contribution < 1.29 is 14.3 Å². The van der Waals surface area contributed by atoms with Crippen molar-refractivity contribution in [3.8, 4) is 11.5 Å². The first-order chi connectivity index (χ1) is 15.5. The monoisotopic (exact) mass is 455 g/mol. The summed E-state index contributed by atoms with van der Waals surface area (Å²) < 4.78 is 12.3. The van der Waals surface area contributed by atoms with E-state index in [1.54, 1.807) is 13.2 Å². The highest BCUT2D eigenvalue weighted by Crippen LogP contribution is 2.23. The number of rotatable bonds is 11. The zero-order valence-corrected chi connectivity index (χ0v) is 19.3. The van der Waals surface area contributed by atoms with Gasteiger partial charge in [0.05, 0.1) is 18.9 Å². The smallest absolute Gasteiger partial charge is 0.230 e. The zero-order chi connectivity index (χ0) is 22.9. The Labute approximate surface area is 192 Å². The molecule has 3 aromatic rings. The van der Waals surface area contributed by atoms with Crippen molar-refractivity contribution in [2.24, 2.45) is 5.92 Å². The number of nitrogens with one attached hydrogen (secondary N) is 1. The number of nitrogen functional groups attached to an aromatic ring is 1. The summed E-state index contributed by atoms with van der Waals surface area (Å²) in [5.74, 6) is 8.45. The first-order valence-corrected chi connectivity index (χ1v) is 11.4.